The zero-order valence-corrected chi connectivity index (χ0v) is 10.1. The number of hydrogen-bond acceptors (Lipinski definition) is 4. The molecule has 4 heteroatoms. The van der Waals surface area contributed by atoms with Crippen LogP contribution in [0.25, 0.3) is 0 Å². The van der Waals surface area contributed by atoms with Crippen molar-refractivity contribution in [1.82, 2.24) is 0 Å². The third-order valence-corrected chi connectivity index (χ3v) is 2.18. The predicted molar refractivity (Wildman–Crippen MR) is 66.1 cm³/mol. The Balaban J connectivity index is 2.50. The normalized spacial score (nSPS) is 12.2. The highest BCUT2D eigenvalue weighted by Crippen LogP contribution is 2.19. The summed E-state index contributed by atoms with van der Waals surface area (Å²) < 4.78 is 10.5. The van der Waals surface area contributed by atoms with Crippen molar-refractivity contribution in [3.8, 4) is 5.75 Å². The van der Waals surface area contributed by atoms with Crippen LogP contribution >= 0.6 is 0 Å². The highest BCUT2D eigenvalue weighted by Gasteiger charge is 2.03. The third kappa shape index (κ3) is 4.08. The van der Waals surface area contributed by atoms with E-state index in [4.69, 9.17) is 15.2 Å². The van der Waals surface area contributed by atoms with Crippen molar-refractivity contribution in [1.29, 1.82) is 0 Å². The first-order valence-electron chi connectivity index (χ1n) is 5.28. The second-order valence-electron chi connectivity index (χ2n) is 3.92. The summed E-state index contributed by atoms with van der Waals surface area (Å²) in [5, 5.41) is 0. The maximum atomic E-state index is 5.77. The number of hydrogen-bond donors (Lipinski definition) is 1. The Hall–Kier alpha value is -1.26. The number of benzene rings is 1. The maximum absolute atomic E-state index is 5.77. The maximum Gasteiger partial charge on any atom is 0.121 e. The zero-order chi connectivity index (χ0) is 12.0. The van der Waals surface area contributed by atoms with Crippen LogP contribution in [-0.4, -0.2) is 40.5 Å². The molecule has 0 aromatic heterocycles. The quantitative estimate of drug-likeness (QED) is 0.786. The molecular weight excluding hydrogens is 204 g/mol. The lowest BCUT2D eigenvalue weighted by Crippen LogP contribution is -2.32. The van der Waals surface area contributed by atoms with Gasteiger partial charge in [0.1, 0.15) is 12.4 Å². The molecule has 90 valence electrons. The van der Waals surface area contributed by atoms with Crippen LogP contribution in [0.2, 0.25) is 0 Å². The summed E-state index contributed by atoms with van der Waals surface area (Å²) in [5.74, 6) is 0.831. The van der Waals surface area contributed by atoms with Crippen LogP contribution in [0.5, 0.6) is 5.75 Å². The SMILES string of the molecule is COCC(N)COc1cccc(N(C)C)c1. The molecule has 0 radical (unpaired) electrons. The average molecular weight is 224 g/mol. The van der Waals surface area contributed by atoms with Gasteiger partial charge >= 0.3 is 0 Å². The molecule has 4 nitrogen and oxygen atoms in total. The molecule has 0 aliphatic carbocycles. The predicted octanol–water partition coefficient (Wildman–Crippen LogP) is 1.11. The van der Waals surface area contributed by atoms with Crippen molar-refractivity contribution in [2.24, 2.45) is 5.73 Å². The van der Waals surface area contributed by atoms with E-state index >= 15 is 0 Å². The van der Waals surface area contributed by atoms with E-state index in [9.17, 15) is 0 Å². The lowest BCUT2D eigenvalue weighted by atomic mass is 10.3. The van der Waals surface area contributed by atoms with Crippen LogP contribution in [0, 0.1) is 0 Å². The summed E-state index contributed by atoms with van der Waals surface area (Å²) in [5.41, 5.74) is 6.88. The molecule has 0 saturated heterocycles. The molecule has 2 N–H and O–H groups in total. The molecule has 0 amide bonds. The van der Waals surface area contributed by atoms with Gasteiger partial charge in [-0.2, -0.15) is 0 Å². The molecule has 0 heterocycles. The number of rotatable bonds is 6. The molecule has 1 rings (SSSR count). The number of nitrogens with zero attached hydrogens (tertiary/aromatic N) is 1. The molecule has 0 fully saturated rings. The average Bonchev–Trinajstić information content (AvgIpc) is 2.27. The molecule has 1 aromatic rings. The molecule has 0 aliphatic heterocycles. The van der Waals surface area contributed by atoms with Crippen LogP contribution < -0.4 is 15.4 Å². The fourth-order valence-corrected chi connectivity index (χ4v) is 1.32. The standard InChI is InChI=1S/C12H20N2O2/c1-14(2)11-5-4-6-12(7-11)16-9-10(13)8-15-3/h4-7,10H,8-9,13H2,1-3H3. The van der Waals surface area contributed by atoms with Gasteiger partial charge in [-0.3, -0.25) is 0 Å². The molecular formula is C12H20N2O2. The van der Waals surface area contributed by atoms with E-state index in [-0.39, 0.29) is 6.04 Å². The lowest BCUT2D eigenvalue weighted by Gasteiger charge is -2.15. The number of anilines is 1. The smallest absolute Gasteiger partial charge is 0.121 e. The Labute approximate surface area is 96.9 Å². The Bertz CT molecular complexity index is 316. The largest absolute Gasteiger partial charge is 0.492 e. The molecule has 0 spiro atoms. The van der Waals surface area contributed by atoms with E-state index in [0.29, 0.717) is 13.2 Å². The van der Waals surface area contributed by atoms with Gasteiger partial charge in [0.25, 0.3) is 0 Å². The van der Waals surface area contributed by atoms with Gasteiger partial charge in [0.2, 0.25) is 0 Å². The van der Waals surface area contributed by atoms with Crippen LogP contribution in [0.1, 0.15) is 0 Å². The Morgan fingerprint density at radius 1 is 1.31 bits per heavy atom. The molecule has 1 atom stereocenters. The van der Waals surface area contributed by atoms with Crippen molar-refractivity contribution in [2.75, 3.05) is 39.3 Å². The van der Waals surface area contributed by atoms with Crippen molar-refractivity contribution in [3.63, 3.8) is 0 Å². The molecule has 16 heavy (non-hydrogen) atoms. The molecule has 1 unspecified atom stereocenters. The second kappa shape index (κ2) is 6.35. The first-order valence-corrected chi connectivity index (χ1v) is 5.28. The Kier molecular flexibility index (Phi) is 5.08. The summed E-state index contributed by atoms with van der Waals surface area (Å²) in [6.45, 7) is 0.970. The molecule has 0 saturated carbocycles. The highest BCUT2D eigenvalue weighted by molar-refractivity contribution is 5.49. The minimum absolute atomic E-state index is 0.0898. The topological polar surface area (TPSA) is 47.7 Å². The van der Waals surface area contributed by atoms with Gasteiger partial charge in [-0.25, -0.2) is 0 Å². The van der Waals surface area contributed by atoms with Crippen molar-refractivity contribution in [3.05, 3.63) is 24.3 Å². The van der Waals surface area contributed by atoms with Gasteiger partial charge in [-0.1, -0.05) is 6.07 Å². The number of methoxy groups -OCH3 is 1. The summed E-state index contributed by atoms with van der Waals surface area (Å²) in [4.78, 5) is 2.03. The molecule has 0 aliphatic rings. The van der Waals surface area contributed by atoms with Gasteiger partial charge < -0.3 is 20.1 Å². The van der Waals surface area contributed by atoms with Gasteiger partial charge in [0.15, 0.2) is 0 Å². The first-order chi connectivity index (χ1) is 7.63. The third-order valence-electron chi connectivity index (χ3n) is 2.18. The summed E-state index contributed by atoms with van der Waals surface area (Å²) in [6, 6.07) is 7.81. The van der Waals surface area contributed by atoms with E-state index in [0.717, 1.165) is 11.4 Å². The minimum Gasteiger partial charge on any atom is -0.492 e. The van der Waals surface area contributed by atoms with E-state index in [1.807, 2.05) is 43.3 Å². The van der Waals surface area contributed by atoms with Crippen LogP contribution in [0.4, 0.5) is 5.69 Å². The summed E-state index contributed by atoms with van der Waals surface area (Å²) >= 11 is 0. The van der Waals surface area contributed by atoms with E-state index in [1.165, 1.54) is 0 Å². The van der Waals surface area contributed by atoms with Crippen LogP contribution in [-0.2, 0) is 4.74 Å². The van der Waals surface area contributed by atoms with E-state index in [1.54, 1.807) is 7.11 Å². The van der Waals surface area contributed by atoms with Crippen LogP contribution in [0.15, 0.2) is 24.3 Å². The second-order valence-corrected chi connectivity index (χ2v) is 3.92. The number of ether oxygens (including phenoxy) is 2. The van der Waals surface area contributed by atoms with Crippen molar-refractivity contribution >= 4 is 5.69 Å². The monoisotopic (exact) mass is 224 g/mol. The molecule has 1 aromatic carbocycles. The fraction of sp³-hybridized carbons (Fsp3) is 0.500. The summed E-state index contributed by atoms with van der Waals surface area (Å²) in [6.07, 6.45) is 0. The zero-order valence-electron chi connectivity index (χ0n) is 10.1. The Morgan fingerprint density at radius 2 is 2.06 bits per heavy atom. The summed E-state index contributed by atoms with van der Waals surface area (Å²) in [7, 11) is 5.62. The van der Waals surface area contributed by atoms with Gasteiger partial charge in [-0.15, -0.1) is 0 Å². The number of nitrogens with two attached hydrogens (primary N) is 1. The van der Waals surface area contributed by atoms with Gasteiger partial charge in [0.05, 0.1) is 12.6 Å². The van der Waals surface area contributed by atoms with Crippen molar-refractivity contribution < 1.29 is 9.47 Å². The Morgan fingerprint density at radius 3 is 2.69 bits per heavy atom. The van der Waals surface area contributed by atoms with E-state index in [2.05, 4.69) is 0 Å². The fourth-order valence-electron chi connectivity index (χ4n) is 1.32. The van der Waals surface area contributed by atoms with E-state index < -0.39 is 0 Å². The minimum atomic E-state index is -0.0898. The van der Waals surface area contributed by atoms with Gasteiger partial charge in [0, 0.05) is 33.0 Å². The highest BCUT2D eigenvalue weighted by atomic mass is 16.5. The first kappa shape index (κ1) is 12.8. The van der Waals surface area contributed by atoms with Gasteiger partial charge in [-0.05, 0) is 12.1 Å². The lowest BCUT2D eigenvalue weighted by molar-refractivity contribution is 0.152. The van der Waals surface area contributed by atoms with Crippen molar-refractivity contribution in [2.45, 2.75) is 6.04 Å². The molecule has 0 bridgehead atoms. The van der Waals surface area contributed by atoms with Crippen LogP contribution in [0.3, 0.4) is 0 Å².